The van der Waals surface area contributed by atoms with Crippen LogP contribution in [0.5, 0.6) is 11.5 Å². The number of aliphatic carboxylic acids is 1. The first-order valence-electron chi connectivity index (χ1n) is 5.52. The normalized spacial score (nSPS) is 22.1. The topological polar surface area (TPSA) is 66.8 Å². The summed E-state index contributed by atoms with van der Waals surface area (Å²) < 4.78 is 5.59. The summed E-state index contributed by atoms with van der Waals surface area (Å²) >= 11 is 0. The van der Waals surface area contributed by atoms with Crippen LogP contribution in [0.3, 0.4) is 0 Å². The number of hydrogen-bond acceptors (Lipinski definition) is 3. The van der Waals surface area contributed by atoms with Gasteiger partial charge in [-0.2, -0.15) is 0 Å². The van der Waals surface area contributed by atoms with Gasteiger partial charge in [-0.15, -0.1) is 0 Å². The Kier molecular flexibility index (Phi) is 2.35. The summed E-state index contributed by atoms with van der Waals surface area (Å²) in [5.74, 6) is -0.133. The molecule has 0 radical (unpaired) electrons. The fourth-order valence-corrected chi connectivity index (χ4v) is 2.24. The molecule has 0 bridgehead atoms. The standard InChI is InChI=1S/C13H16O4/c1-6-7(2)11-9(8(3)10(6)14)5-13(4,17-11)12(15)16/h14H,5H2,1-4H3,(H,15,16)/t13-/m1/s1. The van der Waals surface area contributed by atoms with E-state index in [1.165, 1.54) is 0 Å². The van der Waals surface area contributed by atoms with Crippen molar-refractivity contribution >= 4 is 5.97 Å². The van der Waals surface area contributed by atoms with E-state index in [4.69, 9.17) is 4.74 Å². The molecule has 1 heterocycles. The SMILES string of the molecule is Cc1c(C)c2c(c(C)c1O)C[C@](C)(C(=O)O)O2. The van der Waals surface area contributed by atoms with Gasteiger partial charge in [0.25, 0.3) is 0 Å². The van der Waals surface area contributed by atoms with Crippen molar-refractivity contribution < 1.29 is 19.7 Å². The number of carboxylic acid groups (broad SMARTS) is 1. The first-order valence-corrected chi connectivity index (χ1v) is 5.52. The van der Waals surface area contributed by atoms with Crippen molar-refractivity contribution in [1.29, 1.82) is 0 Å². The van der Waals surface area contributed by atoms with Crippen LogP contribution in [0.4, 0.5) is 0 Å². The number of benzene rings is 1. The molecule has 2 rings (SSSR count). The molecule has 0 amide bonds. The number of rotatable bonds is 1. The Morgan fingerprint density at radius 2 is 1.82 bits per heavy atom. The zero-order chi connectivity index (χ0) is 13.0. The Balaban J connectivity index is 2.64. The third kappa shape index (κ3) is 1.47. The van der Waals surface area contributed by atoms with Gasteiger partial charge in [0, 0.05) is 12.0 Å². The second-order valence-electron chi connectivity index (χ2n) is 4.85. The van der Waals surface area contributed by atoms with E-state index in [1.54, 1.807) is 20.8 Å². The average molecular weight is 236 g/mol. The number of fused-ring (bicyclic) bond motifs is 1. The summed E-state index contributed by atoms with van der Waals surface area (Å²) in [5.41, 5.74) is 1.85. The van der Waals surface area contributed by atoms with Gasteiger partial charge in [-0.3, -0.25) is 0 Å². The number of phenols is 1. The van der Waals surface area contributed by atoms with Crippen LogP contribution < -0.4 is 4.74 Å². The molecule has 1 aromatic carbocycles. The van der Waals surface area contributed by atoms with Crippen molar-refractivity contribution in [2.24, 2.45) is 0 Å². The zero-order valence-corrected chi connectivity index (χ0v) is 10.4. The maximum atomic E-state index is 11.2. The van der Waals surface area contributed by atoms with Crippen LogP contribution in [0.1, 0.15) is 29.2 Å². The molecule has 1 aromatic rings. The van der Waals surface area contributed by atoms with Crippen molar-refractivity contribution in [2.45, 2.75) is 39.7 Å². The number of carbonyl (C=O) groups is 1. The second kappa shape index (κ2) is 3.39. The lowest BCUT2D eigenvalue weighted by atomic mass is 9.93. The minimum absolute atomic E-state index is 0.236. The van der Waals surface area contributed by atoms with Crippen LogP contribution in [-0.4, -0.2) is 21.8 Å². The molecule has 1 aliphatic heterocycles. The van der Waals surface area contributed by atoms with E-state index in [0.29, 0.717) is 11.3 Å². The lowest BCUT2D eigenvalue weighted by molar-refractivity contribution is -0.152. The van der Waals surface area contributed by atoms with Crippen molar-refractivity contribution in [1.82, 2.24) is 0 Å². The molecule has 1 aliphatic rings. The summed E-state index contributed by atoms with van der Waals surface area (Å²) in [6, 6.07) is 0. The molecule has 2 N–H and O–H groups in total. The molecule has 0 saturated carbocycles. The second-order valence-corrected chi connectivity index (χ2v) is 4.85. The highest BCUT2D eigenvalue weighted by Crippen LogP contribution is 2.44. The number of carboxylic acids is 1. The molecule has 92 valence electrons. The maximum Gasteiger partial charge on any atom is 0.348 e. The summed E-state index contributed by atoms with van der Waals surface area (Å²) in [4.78, 5) is 11.2. The molecule has 0 fully saturated rings. The molecule has 17 heavy (non-hydrogen) atoms. The summed E-state index contributed by atoms with van der Waals surface area (Å²) in [6.45, 7) is 6.98. The summed E-state index contributed by atoms with van der Waals surface area (Å²) in [7, 11) is 0. The van der Waals surface area contributed by atoms with Crippen LogP contribution in [0.15, 0.2) is 0 Å². The third-order valence-electron chi connectivity index (χ3n) is 3.63. The average Bonchev–Trinajstić information content (AvgIpc) is 2.63. The Labute approximate surface area is 99.8 Å². The largest absolute Gasteiger partial charge is 0.507 e. The first kappa shape index (κ1) is 11.8. The number of hydrogen-bond donors (Lipinski definition) is 2. The van der Waals surface area contributed by atoms with Crippen molar-refractivity contribution in [3.8, 4) is 11.5 Å². The zero-order valence-electron chi connectivity index (χ0n) is 10.4. The van der Waals surface area contributed by atoms with E-state index in [-0.39, 0.29) is 12.2 Å². The minimum Gasteiger partial charge on any atom is -0.507 e. The van der Waals surface area contributed by atoms with Crippen LogP contribution in [0, 0.1) is 20.8 Å². The van der Waals surface area contributed by atoms with Gasteiger partial charge >= 0.3 is 5.97 Å². The predicted molar refractivity (Wildman–Crippen MR) is 62.7 cm³/mol. The number of phenolic OH excluding ortho intramolecular Hbond substituents is 1. The summed E-state index contributed by atoms with van der Waals surface area (Å²) in [6.07, 6.45) is 0.290. The van der Waals surface area contributed by atoms with E-state index in [1.807, 2.05) is 6.92 Å². The highest BCUT2D eigenvalue weighted by atomic mass is 16.5. The van der Waals surface area contributed by atoms with Gasteiger partial charge in [-0.1, -0.05) is 0 Å². The Hall–Kier alpha value is -1.71. The molecule has 0 spiro atoms. The van der Waals surface area contributed by atoms with Crippen LogP contribution in [0.2, 0.25) is 0 Å². The highest BCUT2D eigenvalue weighted by Gasteiger charge is 2.44. The van der Waals surface area contributed by atoms with E-state index in [2.05, 4.69) is 0 Å². The van der Waals surface area contributed by atoms with Crippen molar-refractivity contribution in [3.05, 3.63) is 22.3 Å². The van der Waals surface area contributed by atoms with Gasteiger partial charge in [0.2, 0.25) is 5.60 Å². The quantitative estimate of drug-likeness (QED) is 0.783. The predicted octanol–water partition coefficient (Wildman–Crippen LogP) is 2.10. The van der Waals surface area contributed by atoms with Crippen molar-refractivity contribution in [3.63, 3.8) is 0 Å². The van der Waals surface area contributed by atoms with E-state index >= 15 is 0 Å². The van der Waals surface area contributed by atoms with Crippen molar-refractivity contribution in [2.75, 3.05) is 0 Å². The van der Waals surface area contributed by atoms with Gasteiger partial charge in [-0.05, 0) is 44.4 Å². The van der Waals surface area contributed by atoms with Crippen LogP contribution in [0.25, 0.3) is 0 Å². The van der Waals surface area contributed by atoms with Gasteiger partial charge < -0.3 is 14.9 Å². The molecule has 4 heteroatoms. The minimum atomic E-state index is -1.22. The Morgan fingerprint density at radius 1 is 1.24 bits per heavy atom. The highest BCUT2D eigenvalue weighted by molar-refractivity contribution is 5.80. The van der Waals surface area contributed by atoms with E-state index in [9.17, 15) is 15.0 Å². The van der Waals surface area contributed by atoms with Crippen LogP contribution in [-0.2, 0) is 11.2 Å². The van der Waals surface area contributed by atoms with Gasteiger partial charge in [0.1, 0.15) is 11.5 Å². The van der Waals surface area contributed by atoms with E-state index < -0.39 is 11.6 Å². The summed E-state index contributed by atoms with van der Waals surface area (Å²) in [5, 5.41) is 19.1. The molecule has 0 aliphatic carbocycles. The van der Waals surface area contributed by atoms with Gasteiger partial charge in [0.15, 0.2) is 0 Å². The molecule has 0 aromatic heterocycles. The third-order valence-corrected chi connectivity index (χ3v) is 3.63. The molecule has 0 saturated heterocycles. The van der Waals surface area contributed by atoms with Crippen LogP contribution >= 0.6 is 0 Å². The fourth-order valence-electron chi connectivity index (χ4n) is 2.24. The monoisotopic (exact) mass is 236 g/mol. The molecule has 0 unspecified atom stereocenters. The smallest absolute Gasteiger partial charge is 0.348 e. The number of ether oxygens (including phenoxy) is 1. The number of aromatic hydroxyl groups is 1. The molecule has 4 nitrogen and oxygen atoms in total. The van der Waals surface area contributed by atoms with Gasteiger partial charge in [0.05, 0.1) is 0 Å². The fraction of sp³-hybridized carbons (Fsp3) is 0.462. The molecular formula is C13H16O4. The maximum absolute atomic E-state index is 11.2. The van der Waals surface area contributed by atoms with Gasteiger partial charge in [-0.25, -0.2) is 4.79 Å². The molecular weight excluding hydrogens is 220 g/mol. The van der Waals surface area contributed by atoms with E-state index in [0.717, 1.165) is 16.7 Å². The lowest BCUT2D eigenvalue weighted by Crippen LogP contribution is -2.39. The Bertz CT molecular complexity index is 480. The lowest BCUT2D eigenvalue weighted by Gasteiger charge is -2.18. The Morgan fingerprint density at radius 3 is 2.35 bits per heavy atom. The first-order chi connectivity index (χ1) is 7.78. The molecule has 1 atom stereocenters.